The third-order valence-electron chi connectivity index (χ3n) is 3.81. The first-order chi connectivity index (χ1) is 7.93. The number of rotatable bonds is 5. The van der Waals surface area contributed by atoms with E-state index in [2.05, 4.69) is 0 Å². The van der Waals surface area contributed by atoms with Gasteiger partial charge >= 0.3 is 0 Å². The molecule has 0 bridgehead atoms. The molecule has 2 amide bonds. The molecule has 0 aromatic heterocycles. The van der Waals surface area contributed by atoms with Gasteiger partial charge in [-0.25, -0.2) is 0 Å². The minimum atomic E-state index is -0.532. The second-order valence-corrected chi connectivity index (χ2v) is 5.03. The number of imide groups is 1. The predicted octanol–water partition coefficient (Wildman–Crippen LogP) is 1.62. The molecule has 0 radical (unpaired) electrons. The molecule has 0 aliphatic carbocycles. The Labute approximate surface area is 108 Å². The minimum Gasteiger partial charge on any atom is -0.392 e. The molecule has 1 aliphatic heterocycles. The Bertz CT molecular complexity index is 350. The largest absolute Gasteiger partial charge is 0.392 e. The molecular formula is C12H20N2O2S. The van der Waals surface area contributed by atoms with Crippen LogP contribution in [0.4, 0.5) is 0 Å². The van der Waals surface area contributed by atoms with Gasteiger partial charge in [0, 0.05) is 6.42 Å². The molecule has 4 nitrogen and oxygen atoms in total. The van der Waals surface area contributed by atoms with Crippen molar-refractivity contribution < 1.29 is 9.59 Å². The van der Waals surface area contributed by atoms with Gasteiger partial charge in [0.2, 0.25) is 11.8 Å². The van der Waals surface area contributed by atoms with Crippen LogP contribution in [0.25, 0.3) is 0 Å². The van der Waals surface area contributed by atoms with Gasteiger partial charge in [0.1, 0.15) is 0 Å². The van der Waals surface area contributed by atoms with E-state index < -0.39 is 11.5 Å². The molecule has 0 aromatic rings. The zero-order chi connectivity index (χ0) is 13.2. The van der Waals surface area contributed by atoms with E-state index >= 15 is 0 Å². The number of hydrogen-bond acceptors (Lipinski definition) is 3. The summed E-state index contributed by atoms with van der Waals surface area (Å²) in [5, 5.41) is 0. The van der Waals surface area contributed by atoms with Crippen molar-refractivity contribution in [1.29, 1.82) is 0 Å². The maximum absolute atomic E-state index is 12.4. The zero-order valence-electron chi connectivity index (χ0n) is 10.7. The average molecular weight is 256 g/mol. The maximum atomic E-state index is 12.4. The van der Waals surface area contributed by atoms with Gasteiger partial charge in [0.25, 0.3) is 0 Å². The Kier molecular flexibility index (Phi) is 4.25. The van der Waals surface area contributed by atoms with Gasteiger partial charge in [-0.15, -0.1) is 0 Å². The van der Waals surface area contributed by atoms with Crippen LogP contribution in [0, 0.1) is 5.41 Å². The van der Waals surface area contributed by atoms with Gasteiger partial charge in [-0.1, -0.05) is 33.0 Å². The molecule has 96 valence electrons. The normalized spacial score (nSPS) is 20.8. The quantitative estimate of drug-likeness (QED) is 0.599. The van der Waals surface area contributed by atoms with Crippen molar-refractivity contribution in [3.8, 4) is 0 Å². The molecule has 1 saturated heterocycles. The highest BCUT2D eigenvalue weighted by Crippen LogP contribution is 2.40. The van der Waals surface area contributed by atoms with Crippen molar-refractivity contribution in [3.05, 3.63) is 0 Å². The second kappa shape index (κ2) is 5.12. The number of nitrogens with zero attached hydrogens (tertiary/aromatic N) is 1. The molecule has 1 aliphatic rings. The highest BCUT2D eigenvalue weighted by Gasteiger charge is 2.51. The molecule has 1 fully saturated rings. The van der Waals surface area contributed by atoms with Crippen molar-refractivity contribution in [1.82, 2.24) is 4.90 Å². The van der Waals surface area contributed by atoms with E-state index in [9.17, 15) is 9.59 Å². The fourth-order valence-corrected chi connectivity index (χ4v) is 2.72. The van der Waals surface area contributed by atoms with Crippen molar-refractivity contribution in [2.45, 2.75) is 52.5 Å². The Balaban J connectivity index is 3.08. The monoisotopic (exact) mass is 256 g/mol. The van der Waals surface area contributed by atoms with Gasteiger partial charge in [-0.05, 0) is 19.3 Å². The molecule has 1 rings (SSSR count). The average Bonchev–Trinajstić information content (AvgIpc) is 2.54. The lowest BCUT2D eigenvalue weighted by atomic mass is 9.81. The summed E-state index contributed by atoms with van der Waals surface area (Å²) < 4.78 is 0. The van der Waals surface area contributed by atoms with Crippen LogP contribution in [0.5, 0.6) is 0 Å². The van der Waals surface area contributed by atoms with Crippen LogP contribution < -0.4 is 5.73 Å². The highest BCUT2D eigenvalue weighted by molar-refractivity contribution is 7.80. The predicted molar refractivity (Wildman–Crippen MR) is 70.3 cm³/mol. The molecule has 0 aromatic carbocycles. The van der Waals surface area contributed by atoms with E-state index in [-0.39, 0.29) is 23.2 Å². The summed E-state index contributed by atoms with van der Waals surface area (Å²) in [6.07, 6.45) is 2.23. The van der Waals surface area contributed by atoms with E-state index in [1.54, 1.807) is 0 Å². The molecular weight excluding hydrogens is 236 g/mol. The van der Waals surface area contributed by atoms with Crippen molar-refractivity contribution in [3.63, 3.8) is 0 Å². The van der Waals surface area contributed by atoms with Crippen LogP contribution in [0.15, 0.2) is 0 Å². The first-order valence-corrected chi connectivity index (χ1v) is 6.50. The number of amides is 2. The van der Waals surface area contributed by atoms with Crippen LogP contribution >= 0.6 is 12.2 Å². The lowest BCUT2D eigenvalue weighted by Gasteiger charge is -2.28. The van der Waals surface area contributed by atoms with Crippen LogP contribution in [-0.2, 0) is 9.59 Å². The number of likely N-dealkylation sites (tertiary alicyclic amines) is 1. The standard InChI is InChI=1S/C12H20N2O2S/c1-4-8(10(13)17)14-9(15)7-12(5-2,6-3)11(14)16/h8H,4-7H2,1-3H3,(H2,13,17). The SMILES string of the molecule is CCC(C(N)=S)N1C(=O)CC(CC)(CC)C1=O. The summed E-state index contributed by atoms with van der Waals surface area (Å²) in [4.78, 5) is 25.9. The van der Waals surface area contributed by atoms with Crippen LogP contribution in [0.1, 0.15) is 46.5 Å². The fraction of sp³-hybridized carbons (Fsp3) is 0.750. The van der Waals surface area contributed by atoms with Crippen molar-refractivity contribution >= 4 is 29.0 Å². The first kappa shape index (κ1) is 14.1. The lowest BCUT2D eigenvalue weighted by molar-refractivity contribution is -0.142. The third kappa shape index (κ3) is 2.20. The van der Waals surface area contributed by atoms with Gasteiger partial charge in [-0.2, -0.15) is 0 Å². The summed E-state index contributed by atoms with van der Waals surface area (Å²) in [5.74, 6) is -0.245. The van der Waals surface area contributed by atoms with Gasteiger partial charge in [0.15, 0.2) is 0 Å². The number of carbonyl (C=O) groups excluding carboxylic acids is 2. The smallest absolute Gasteiger partial charge is 0.236 e. The van der Waals surface area contributed by atoms with Crippen molar-refractivity contribution in [2.24, 2.45) is 11.1 Å². The number of thiocarbonyl (C=S) groups is 1. The Morgan fingerprint density at radius 2 is 1.94 bits per heavy atom. The van der Waals surface area contributed by atoms with Gasteiger partial charge in [0.05, 0.1) is 16.4 Å². The Morgan fingerprint density at radius 3 is 2.24 bits per heavy atom. The summed E-state index contributed by atoms with van der Waals surface area (Å²) in [6, 6.07) is -0.426. The molecule has 2 N–H and O–H groups in total. The van der Waals surface area contributed by atoms with Crippen LogP contribution in [0.3, 0.4) is 0 Å². The van der Waals surface area contributed by atoms with Gasteiger partial charge < -0.3 is 5.73 Å². The molecule has 17 heavy (non-hydrogen) atoms. The first-order valence-electron chi connectivity index (χ1n) is 6.09. The van der Waals surface area contributed by atoms with E-state index in [0.29, 0.717) is 19.3 Å². The maximum Gasteiger partial charge on any atom is 0.236 e. The summed E-state index contributed by atoms with van der Waals surface area (Å²) in [7, 11) is 0. The topological polar surface area (TPSA) is 63.4 Å². The second-order valence-electron chi connectivity index (χ2n) is 4.56. The highest BCUT2D eigenvalue weighted by atomic mass is 32.1. The third-order valence-corrected chi connectivity index (χ3v) is 4.08. The van der Waals surface area contributed by atoms with E-state index in [0.717, 1.165) is 0 Å². The number of carbonyl (C=O) groups is 2. The fourth-order valence-electron chi connectivity index (χ4n) is 2.45. The number of nitrogens with two attached hydrogens (primary N) is 1. The van der Waals surface area contributed by atoms with Crippen LogP contribution in [-0.4, -0.2) is 27.7 Å². The summed E-state index contributed by atoms with van der Waals surface area (Å²) in [5.41, 5.74) is 5.08. The van der Waals surface area contributed by atoms with Crippen LogP contribution in [0.2, 0.25) is 0 Å². The van der Waals surface area contributed by atoms with E-state index in [1.165, 1.54) is 4.90 Å². The molecule has 0 saturated carbocycles. The van der Waals surface area contributed by atoms with E-state index in [4.69, 9.17) is 18.0 Å². The number of hydrogen-bond donors (Lipinski definition) is 1. The molecule has 1 atom stereocenters. The summed E-state index contributed by atoms with van der Waals surface area (Å²) in [6.45, 7) is 5.77. The molecule has 1 heterocycles. The molecule has 5 heteroatoms. The van der Waals surface area contributed by atoms with Crippen molar-refractivity contribution in [2.75, 3.05) is 0 Å². The lowest BCUT2D eigenvalue weighted by Crippen LogP contribution is -2.48. The minimum absolute atomic E-state index is 0.104. The molecule has 1 unspecified atom stereocenters. The van der Waals surface area contributed by atoms with E-state index in [1.807, 2.05) is 20.8 Å². The summed E-state index contributed by atoms with van der Waals surface area (Å²) >= 11 is 4.94. The molecule has 0 spiro atoms. The van der Waals surface area contributed by atoms with Gasteiger partial charge in [-0.3, -0.25) is 14.5 Å². The Hall–Kier alpha value is -0.970. The Morgan fingerprint density at radius 1 is 1.41 bits per heavy atom. The zero-order valence-corrected chi connectivity index (χ0v) is 11.5.